The predicted molar refractivity (Wildman–Crippen MR) is 150 cm³/mol. The molecule has 1 fully saturated rings. The number of hydrogen-bond acceptors (Lipinski definition) is 4. The highest BCUT2D eigenvalue weighted by Gasteiger charge is 2.31. The Morgan fingerprint density at radius 2 is 1.62 bits per heavy atom. The number of benzene rings is 2. The van der Waals surface area contributed by atoms with Gasteiger partial charge in [-0.15, -0.1) is 0 Å². The molecule has 1 aliphatic rings. The van der Waals surface area contributed by atoms with Gasteiger partial charge in [-0.25, -0.2) is 0 Å². The first-order valence-corrected chi connectivity index (χ1v) is 14.1. The Bertz CT molecular complexity index is 1080. The molecule has 2 aromatic carbocycles. The van der Waals surface area contributed by atoms with Crippen LogP contribution >= 0.6 is 0 Å². The van der Waals surface area contributed by atoms with Crippen LogP contribution in [0.5, 0.6) is 5.75 Å². The summed E-state index contributed by atoms with van der Waals surface area (Å²) in [6, 6.07) is 9.39. The van der Waals surface area contributed by atoms with E-state index in [4.69, 9.17) is 4.74 Å². The van der Waals surface area contributed by atoms with E-state index in [0.717, 1.165) is 49.3 Å². The van der Waals surface area contributed by atoms with Crippen molar-refractivity contribution in [1.82, 2.24) is 15.1 Å². The Hall–Kier alpha value is -2.58. The van der Waals surface area contributed by atoms with E-state index in [0.29, 0.717) is 32.2 Å². The number of carbonyl (C=O) groups excluding carboxylic acids is 1. The number of piperazine rings is 1. The van der Waals surface area contributed by atoms with Gasteiger partial charge in [0.05, 0.1) is 11.7 Å². The minimum absolute atomic E-state index is 0.171. The molecule has 0 aliphatic carbocycles. The summed E-state index contributed by atoms with van der Waals surface area (Å²) in [5.41, 5.74) is 3.17. The largest absolute Gasteiger partial charge is 0.490 e. The van der Waals surface area contributed by atoms with Crippen LogP contribution in [0.25, 0.3) is 0 Å². The van der Waals surface area contributed by atoms with Gasteiger partial charge in [0.25, 0.3) is 5.91 Å². The van der Waals surface area contributed by atoms with Crippen molar-refractivity contribution in [3.8, 4) is 5.75 Å². The molecule has 0 spiro atoms. The molecular weight excluding hydrogens is 503 g/mol. The smallest absolute Gasteiger partial charge is 0.416 e. The van der Waals surface area contributed by atoms with E-state index >= 15 is 0 Å². The quantitative estimate of drug-likeness (QED) is 0.315. The number of nitrogens with one attached hydrogen (secondary N) is 1. The number of rotatable bonds is 11. The molecule has 1 amide bonds. The molecular formula is C31H44F3N3O2. The first-order chi connectivity index (χ1) is 18.4. The fourth-order valence-electron chi connectivity index (χ4n) is 5.14. The summed E-state index contributed by atoms with van der Waals surface area (Å²) in [6.45, 7) is 16.4. The Morgan fingerprint density at radius 1 is 0.974 bits per heavy atom. The number of halogens is 3. The van der Waals surface area contributed by atoms with Crippen LogP contribution < -0.4 is 10.1 Å². The lowest BCUT2D eigenvalue weighted by atomic mass is 9.96. The minimum Gasteiger partial charge on any atom is -0.490 e. The van der Waals surface area contributed by atoms with Gasteiger partial charge in [-0.1, -0.05) is 26.8 Å². The van der Waals surface area contributed by atoms with Crippen LogP contribution in [0.3, 0.4) is 0 Å². The summed E-state index contributed by atoms with van der Waals surface area (Å²) in [6.07, 6.45) is -1.16. The van der Waals surface area contributed by atoms with Crippen LogP contribution in [-0.4, -0.2) is 60.6 Å². The SMILES string of the molecule is CCC(CCCNC(C)C)Oc1ccc(C(C)N2CCN(C(=O)c3ccc(C(F)(F)F)cc3)CC2)c(C)c1C. The van der Waals surface area contributed by atoms with Crippen molar-refractivity contribution in [2.45, 2.75) is 85.2 Å². The molecule has 39 heavy (non-hydrogen) atoms. The lowest BCUT2D eigenvalue weighted by Gasteiger charge is -2.39. The molecule has 0 radical (unpaired) electrons. The van der Waals surface area contributed by atoms with E-state index < -0.39 is 11.7 Å². The molecule has 3 rings (SSSR count). The summed E-state index contributed by atoms with van der Waals surface area (Å²) < 4.78 is 45.0. The highest BCUT2D eigenvalue weighted by atomic mass is 19.4. The molecule has 2 atom stereocenters. The second-order valence-electron chi connectivity index (χ2n) is 10.9. The molecule has 2 unspecified atom stereocenters. The monoisotopic (exact) mass is 547 g/mol. The van der Waals surface area contributed by atoms with E-state index in [1.54, 1.807) is 4.90 Å². The summed E-state index contributed by atoms with van der Waals surface area (Å²) >= 11 is 0. The molecule has 1 aliphatic heterocycles. The molecule has 0 aromatic heterocycles. The third-order valence-corrected chi connectivity index (χ3v) is 7.84. The van der Waals surface area contributed by atoms with Gasteiger partial charge in [0.1, 0.15) is 5.75 Å². The maximum atomic E-state index is 12.9. The third kappa shape index (κ3) is 8.21. The van der Waals surface area contributed by atoms with Crippen LogP contribution in [0.15, 0.2) is 36.4 Å². The number of alkyl halides is 3. The molecule has 5 nitrogen and oxygen atoms in total. The van der Waals surface area contributed by atoms with Gasteiger partial charge in [-0.3, -0.25) is 9.69 Å². The summed E-state index contributed by atoms with van der Waals surface area (Å²) in [4.78, 5) is 17.0. The average molecular weight is 548 g/mol. The molecule has 1 saturated heterocycles. The minimum atomic E-state index is -4.41. The Kier molecular flexibility index (Phi) is 10.8. The van der Waals surface area contributed by atoms with Crippen molar-refractivity contribution in [3.63, 3.8) is 0 Å². The van der Waals surface area contributed by atoms with Gasteiger partial charge in [0.15, 0.2) is 0 Å². The Morgan fingerprint density at radius 3 is 2.18 bits per heavy atom. The van der Waals surface area contributed by atoms with Crippen LogP contribution in [-0.2, 0) is 6.18 Å². The van der Waals surface area contributed by atoms with Crippen LogP contribution in [0, 0.1) is 13.8 Å². The zero-order chi connectivity index (χ0) is 28.7. The number of nitrogens with zero attached hydrogens (tertiary/aromatic N) is 2. The molecule has 1 heterocycles. The van der Waals surface area contributed by atoms with E-state index in [9.17, 15) is 18.0 Å². The highest BCUT2D eigenvalue weighted by Crippen LogP contribution is 2.33. The first-order valence-electron chi connectivity index (χ1n) is 14.1. The van der Waals surface area contributed by atoms with Crippen LogP contribution in [0.4, 0.5) is 13.2 Å². The van der Waals surface area contributed by atoms with Gasteiger partial charge in [0, 0.05) is 43.8 Å². The molecule has 8 heteroatoms. The second-order valence-corrected chi connectivity index (χ2v) is 10.9. The van der Waals surface area contributed by atoms with Gasteiger partial charge in [-0.2, -0.15) is 13.2 Å². The van der Waals surface area contributed by atoms with Crippen LogP contribution in [0.2, 0.25) is 0 Å². The Balaban J connectivity index is 1.58. The van der Waals surface area contributed by atoms with Crippen LogP contribution in [0.1, 0.15) is 85.6 Å². The molecule has 0 saturated carbocycles. The fourth-order valence-corrected chi connectivity index (χ4v) is 5.14. The van der Waals surface area contributed by atoms with Gasteiger partial charge in [-0.05, 0) is 93.6 Å². The Labute approximate surface area is 231 Å². The van der Waals surface area contributed by atoms with Gasteiger partial charge < -0.3 is 15.0 Å². The number of hydrogen-bond donors (Lipinski definition) is 1. The highest BCUT2D eigenvalue weighted by molar-refractivity contribution is 5.94. The maximum Gasteiger partial charge on any atom is 0.416 e. The summed E-state index contributed by atoms with van der Waals surface area (Å²) in [5, 5.41) is 3.47. The van der Waals surface area contributed by atoms with Crippen molar-refractivity contribution >= 4 is 5.91 Å². The molecule has 2 aromatic rings. The van der Waals surface area contributed by atoms with Crippen molar-refractivity contribution in [2.24, 2.45) is 0 Å². The lowest BCUT2D eigenvalue weighted by molar-refractivity contribution is -0.137. The number of amides is 1. The average Bonchev–Trinajstić information content (AvgIpc) is 2.91. The van der Waals surface area contributed by atoms with Crippen molar-refractivity contribution in [1.29, 1.82) is 0 Å². The topological polar surface area (TPSA) is 44.8 Å². The standard InChI is InChI=1S/C31H44F3N3O2/c1-7-27(9-8-16-35-21(2)3)39-29-15-14-28(22(4)23(29)5)24(6)36-17-19-37(20-18-36)30(38)25-10-12-26(13-11-25)31(32,33)34/h10-15,21,24,27,35H,7-9,16-20H2,1-6H3. The van der Waals surface area contributed by atoms with E-state index in [2.05, 4.69) is 63.9 Å². The van der Waals surface area contributed by atoms with E-state index in [1.165, 1.54) is 23.3 Å². The number of ether oxygens (including phenoxy) is 1. The molecule has 1 N–H and O–H groups in total. The first kappa shape index (κ1) is 31.0. The second kappa shape index (κ2) is 13.7. The van der Waals surface area contributed by atoms with E-state index in [1.807, 2.05) is 0 Å². The lowest BCUT2D eigenvalue weighted by Crippen LogP contribution is -2.49. The summed E-state index contributed by atoms with van der Waals surface area (Å²) in [7, 11) is 0. The number of carbonyl (C=O) groups is 1. The molecule has 216 valence electrons. The zero-order valence-electron chi connectivity index (χ0n) is 24.2. The van der Waals surface area contributed by atoms with Gasteiger partial charge >= 0.3 is 6.18 Å². The van der Waals surface area contributed by atoms with Crippen molar-refractivity contribution in [2.75, 3.05) is 32.7 Å². The molecule has 0 bridgehead atoms. The fraction of sp³-hybridized carbons (Fsp3) is 0.581. The van der Waals surface area contributed by atoms with E-state index in [-0.39, 0.29) is 23.6 Å². The predicted octanol–water partition coefficient (Wildman–Crippen LogP) is 6.78. The van der Waals surface area contributed by atoms with Gasteiger partial charge in [0.2, 0.25) is 0 Å². The van der Waals surface area contributed by atoms with Crippen molar-refractivity contribution in [3.05, 3.63) is 64.2 Å². The third-order valence-electron chi connectivity index (χ3n) is 7.84. The van der Waals surface area contributed by atoms with Crippen molar-refractivity contribution < 1.29 is 22.7 Å². The maximum absolute atomic E-state index is 12.9. The summed E-state index contributed by atoms with van der Waals surface area (Å²) in [5.74, 6) is 0.717. The normalized spacial score (nSPS) is 16.4. The zero-order valence-corrected chi connectivity index (χ0v) is 24.2.